The minimum atomic E-state index is -3.18. The molecule has 0 saturated heterocycles. The van der Waals surface area contributed by atoms with E-state index in [2.05, 4.69) is 227 Å². The standard InChI is InChI=1S/C33H33.C19H22.C5H5.Zr/c1-32(2,3)30-20-26-24(18-28(30)22-13-9-7-10-14-22)17-25-19-29(23-15-11-8-12-16-23)31(21-27(25)26)33(4,5)6;1-18(2,16-11-7-5-8-12-16)15-19(3,4)17-13-9-6-10-14-17;1-2-4-5-3-1;/h7-16,18,20-21H,17H2,1-6H3;5-14H,1-4H3;1-3H,4H2;. The van der Waals surface area contributed by atoms with Crippen molar-refractivity contribution in [2.24, 2.45) is 0 Å². The van der Waals surface area contributed by atoms with E-state index in [4.69, 9.17) is 0 Å². The number of benzene rings is 6. The number of hydrogen-bond acceptors (Lipinski definition) is 0. The van der Waals surface area contributed by atoms with Gasteiger partial charge in [-0.2, -0.15) is 0 Å². The average molecular weight is 836 g/mol. The fraction of sp³-hybridized carbons (Fsp3) is 0.281. The quantitative estimate of drug-likeness (QED) is 0.143. The van der Waals surface area contributed by atoms with Crippen LogP contribution in [0.15, 0.2) is 161 Å². The third kappa shape index (κ3) is 7.28. The molecule has 0 spiro atoms. The van der Waals surface area contributed by atoms with Gasteiger partial charge < -0.3 is 0 Å². The Bertz CT molecular complexity index is 2510. The first-order valence-corrected chi connectivity index (χ1v) is 25.0. The normalized spacial score (nSPS) is 13.9. The molecule has 0 bridgehead atoms. The third-order valence-corrected chi connectivity index (χ3v) is 22.3. The van der Waals surface area contributed by atoms with Crippen LogP contribution in [0.2, 0.25) is 0 Å². The summed E-state index contributed by atoms with van der Waals surface area (Å²) in [6.45, 7) is 24.6. The molecule has 0 heterocycles. The zero-order valence-electron chi connectivity index (χ0n) is 36.4. The summed E-state index contributed by atoms with van der Waals surface area (Å²) >= 11 is -3.18. The van der Waals surface area contributed by atoms with Gasteiger partial charge in [0.05, 0.1) is 0 Å². The van der Waals surface area contributed by atoms with E-state index in [1.807, 2.05) is 0 Å². The SMILES string of the molecule is CC(C)(C)c1cc2c(cc1-c1ccccc1)Cc1c-2cc(C(C)(C)C)c(-c2ccccc2)[c]1[Zr]([C]1=CC=CC1)=[C](C(C)(C)c1ccccc1)C(C)(C)c1ccccc1. The van der Waals surface area contributed by atoms with Crippen molar-refractivity contribution >= 4 is 6.48 Å². The summed E-state index contributed by atoms with van der Waals surface area (Å²) in [4.78, 5) is 0. The maximum atomic E-state index is 2.63. The third-order valence-electron chi connectivity index (χ3n) is 12.9. The molecule has 0 saturated carbocycles. The molecule has 0 radical (unpaired) electrons. The molecule has 2 aliphatic rings. The molecule has 0 amide bonds. The van der Waals surface area contributed by atoms with Crippen LogP contribution in [0.1, 0.15) is 109 Å². The van der Waals surface area contributed by atoms with Gasteiger partial charge in [-0.05, 0) is 0 Å². The molecule has 0 unspecified atom stereocenters. The van der Waals surface area contributed by atoms with E-state index in [1.54, 1.807) is 15.3 Å². The van der Waals surface area contributed by atoms with Crippen LogP contribution in [0.25, 0.3) is 33.4 Å². The summed E-state index contributed by atoms with van der Waals surface area (Å²) in [5.41, 5.74) is 16.6. The van der Waals surface area contributed by atoms with Crippen LogP contribution in [0.3, 0.4) is 0 Å². The molecular weight excluding hydrogens is 776 g/mol. The predicted molar refractivity (Wildman–Crippen MR) is 248 cm³/mol. The van der Waals surface area contributed by atoms with Crippen molar-refractivity contribution < 1.29 is 21.3 Å². The van der Waals surface area contributed by atoms with Crippen molar-refractivity contribution in [3.05, 3.63) is 194 Å². The van der Waals surface area contributed by atoms with Crippen LogP contribution in [0.5, 0.6) is 0 Å². The molecule has 0 atom stereocenters. The second kappa shape index (κ2) is 15.3. The van der Waals surface area contributed by atoms with Gasteiger partial charge in [-0.1, -0.05) is 0 Å². The van der Waals surface area contributed by atoms with E-state index >= 15 is 0 Å². The number of fused-ring (bicyclic) bond motifs is 3. The van der Waals surface area contributed by atoms with Crippen molar-refractivity contribution in [2.45, 2.75) is 104 Å². The summed E-state index contributed by atoms with van der Waals surface area (Å²) in [6, 6.07) is 53.2. The molecular formula is C57H60Zr. The molecule has 8 rings (SSSR count). The van der Waals surface area contributed by atoms with E-state index < -0.39 is 21.3 Å². The summed E-state index contributed by atoms with van der Waals surface area (Å²) < 4.78 is 5.09. The van der Waals surface area contributed by atoms with Gasteiger partial charge in [-0.25, -0.2) is 0 Å². The Labute approximate surface area is 357 Å². The Morgan fingerprint density at radius 2 is 0.983 bits per heavy atom. The fourth-order valence-corrected chi connectivity index (χ4v) is 20.1. The van der Waals surface area contributed by atoms with E-state index in [0.29, 0.717) is 0 Å². The summed E-state index contributed by atoms with van der Waals surface area (Å²) in [7, 11) is 0. The molecule has 58 heavy (non-hydrogen) atoms. The van der Waals surface area contributed by atoms with Crippen LogP contribution >= 0.6 is 0 Å². The zero-order chi connectivity index (χ0) is 41.0. The first-order valence-electron chi connectivity index (χ1n) is 21.3. The molecule has 292 valence electrons. The maximum absolute atomic E-state index is 3.18. The molecule has 0 N–H and O–H groups in total. The van der Waals surface area contributed by atoms with Crippen LogP contribution in [-0.2, 0) is 49.3 Å². The molecule has 1 heteroatoms. The van der Waals surface area contributed by atoms with Crippen LogP contribution < -0.4 is 3.27 Å². The Hall–Kier alpha value is -4.45. The molecule has 0 aromatic heterocycles. The van der Waals surface area contributed by atoms with Gasteiger partial charge in [0, 0.05) is 0 Å². The van der Waals surface area contributed by atoms with Gasteiger partial charge in [-0.15, -0.1) is 0 Å². The average Bonchev–Trinajstić information content (AvgIpc) is 3.88. The molecule has 2 aliphatic carbocycles. The van der Waals surface area contributed by atoms with Crippen LogP contribution in [0, 0.1) is 0 Å². The zero-order valence-corrected chi connectivity index (χ0v) is 38.9. The summed E-state index contributed by atoms with van der Waals surface area (Å²) in [5, 5.41) is 0. The number of hydrogen-bond donors (Lipinski definition) is 0. The molecule has 0 fully saturated rings. The topological polar surface area (TPSA) is 0 Å². The monoisotopic (exact) mass is 834 g/mol. The Kier molecular flexibility index (Phi) is 10.6. The second-order valence-corrected chi connectivity index (χ2v) is 25.6. The van der Waals surface area contributed by atoms with Gasteiger partial charge in [-0.3, -0.25) is 0 Å². The summed E-state index contributed by atoms with van der Waals surface area (Å²) in [5.74, 6) is 0. The van der Waals surface area contributed by atoms with Crippen molar-refractivity contribution in [1.82, 2.24) is 0 Å². The van der Waals surface area contributed by atoms with Crippen molar-refractivity contribution in [2.75, 3.05) is 0 Å². The fourth-order valence-electron chi connectivity index (χ4n) is 10.1. The molecule has 6 aromatic carbocycles. The van der Waals surface area contributed by atoms with Gasteiger partial charge in [0.15, 0.2) is 0 Å². The van der Waals surface area contributed by atoms with E-state index in [0.717, 1.165) is 12.8 Å². The van der Waals surface area contributed by atoms with E-state index in [9.17, 15) is 0 Å². The minimum absolute atomic E-state index is 0.0236. The summed E-state index contributed by atoms with van der Waals surface area (Å²) in [6.07, 6.45) is 9.28. The molecule has 0 nitrogen and oxygen atoms in total. The molecule has 0 aliphatic heterocycles. The second-order valence-electron chi connectivity index (χ2n) is 19.7. The van der Waals surface area contributed by atoms with Crippen molar-refractivity contribution in [3.63, 3.8) is 0 Å². The number of rotatable bonds is 8. The van der Waals surface area contributed by atoms with Gasteiger partial charge in [0.1, 0.15) is 0 Å². The Morgan fingerprint density at radius 3 is 1.47 bits per heavy atom. The Balaban J connectivity index is 1.58. The van der Waals surface area contributed by atoms with E-state index in [-0.39, 0.29) is 21.7 Å². The first kappa shape index (κ1) is 40.3. The van der Waals surface area contributed by atoms with Crippen molar-refractivity contribution in [1.29, 1.82) is 0 Å². The van der Waals surface area contributed by atoms with Crippen molar-refractivity contribution in [3.8, 4) is 33.4 Å². The predicted octanol–water partition coefficient (Wildman–Crippen LogP) is 14.4. The van der Waals surface area contributed by atoms with Crippen LogP contribution in [-0.4, -0.2) is 3.21 Å². The number of allylic oxidation sites excluding steroid dienone is 4. The van der Waals surface area contributed by atoms with Gasteiger partial charge in [0.2, 0.25) is 0 Å². The first-order chi connectivity index (χ1) is 27.6. The van der Waals surface area contributed by atoms with Gasteiger partial charge in [0.25, 0.3) is 0 Å². The van der Waals surface area contributed by atoms with Crippen LogP contribution in [0.4, 0.5) is 0 Å². The Morgan fingerprint density at radius 1 is 0.500 bits per heavy atom. The van der Waals surface area contributed by atoms with E-state index in [1.165, 1.54) is 61.2 Å². The molecule has 6 aromatic rings. The van der Waals surface area contributed by atoms with Gasteiger partial charge >= 0.3 is 359 Å².